The molecule has 0 amide bonds. The lowest BCUT2D eigenvalue weighted by Gasteiger charge is -2.16. The van der Waals surface area contributed by atoms with Crippen LogP contribution in [0.15, 0.2) is 158 Å². The molecule has 7 aromatic carbocycles. The van der Waals surface area contributed by atoms with E-state index in [-0.39, 0.29) is 0 Å². The Hall–Kier alpha value is -7.06. The number of hydrogen-bond acceptors (Lipinski definition) is 8. The van der Waals surface area contributed by atoms with Crippen LogP contribution >= 0.6 is 0 Å². The minimum atomic E-state index is 0.621. The molecule has 0 aromatic heterocycles. The first kappa shape index (κ1) is 33.4. The zero-order chi connectivity index (χ0) is 35.9. The minimum Gasteiger partial charge on any atom is -0.457 e. The van der Waals surface area contributed by atoms with Crippen LogP contribution in [0.2, 0.25) is 0 Å². The Morgan fingerprint density at radius 3 is 0.788 bits per heavy atom. The highest BCUT2D eigenvalue weighted by molar-refractivity contribution is 5.52. The standard InChI is InChI=1S/C44H36N2O6/c1-29-30(2)44(52-42-20-8-18-40(28-42)50-38-16-6-14-36(26-38)48-34-12-4-10-32(46)24-34)22-21-43(29)51-41-19-7-17-39(27-41)49-37-15-5-13-35(25-37)47-33-11-3-9-31(45)23-33/h3-28H,45-46H2,1-2H3. The van der Waals surface area contributed by atoms with E-state index in [4.69, 9.17) is 39.9 Å². The van der Waals surface area contributed by atoms with E-state index in [9.17, 15) is 0 Å². The highest BCUT2D eigenvalue weighted by Crippen LogP contribution is 2.38. The first-order valence-corrected chi connectivity index (χ1v) is 16.6. The van der Waals surface area contributed by atoms with Gasteiger partial charge in [0.25, 0.3) is 0 Å². The molecule has 8 heteroatoms. The lowest BCUT2D eigenvalue weighted by atomic mass is 10.1. The van der Waals surface area contributed by atoms with Crippen LogP contribution in [0.3, 0.4) is 0 Å². The van der Waals surface area contributed by atoms with Gasteiger partial charge in [0.2, 0.25) is 0 Å². The van der Waals surface area contributed by atoms with E-state index < -0.39 is 0 Å². The van der Waals surface area contributed by atoms with Crippen molar-refractivity contribution in [3.8, 4) is 69.0 Å². The quantitative estimate of drug-likeness (QED) is 0.122. The van der Waals surface area contributed by atoms with Gasteiger partial charge >= 0.3 is 0 Å². The number of nitrogen functional groups attached to an aromatic ring is 2. The van der Waals surface area contributed by atoms with Crippen molar-refractivity contribution in [3.05, 3.63) is 169 Å². The van der Waals surface area contributed by atoms with Gasteiger partial charge in [-0.25, -0.2) is 0 Å². The molecule has 0 unspecified atom stereocenters. The van der Waals surface area contributed by atoms with Gasteiger partial charge in [-0.2, -0.15) is 0 Å². The fourth-order valence-electron chi connectivity index (χ4n) is 5.35. The van der Waals surface area contributed by atoms with Crippen LogP contribution in [0.4, 0.5) is 11.4 Å². The summed E-state index contributed by atoms with van der Waals surface area (Å²) in [5.41, 5.74) is 14.9. The van der Waals surface area contributed by atoms with Gasteiger partial charge < -0.3 is 39.9 Å². The summed E-state index contributed by atoms with van der Waals surface area (Å²) in [6, 6.07) is 48.2. The van der Waals surface area contributed by atoms with Crippen LogP contribution in [0.1, 0.15) is 11.1 Å². The zero-order valence-electron chi connectivity index (χ0n) is 28.6. The van der Waals surface area contributed by atoms with Gasteiger partial charge in [0, 0.05) is 47.8 Å². The largest absolute Gasteiger partial charge is 0.457 e. The smallest absolute Gasteiger partial charge is 0.131 e. The van der Waals surface area contributed by atoms with Crippen LogP contribution < -0.4 is 39.9 Å². The second-order valence-corrected chi connectivity index (χ2v) is 12.0. The fraction of sp³-hybridized carbons (Fsp3) is 0.0455. The molecule has 258 valence electrons. The van der Waals surface area contributed by atoms with Crippen molar-refractivity contribution < 1.29 is 28.4 Å². The molecule has 0 bridgehead atoms. The molecule has 7 rings (SSSR count). The summed E-state index contributed by atoms with van der Waals surface area (Å²) in [5, 5.41) is 0. The molecule has 0 heterocycles. The Kier molecular flexibility index (Phi) is 9.79. The van der Waals surface area contributed by atoms with Crippen molar-refractivity contribution in [1.29, 1.82) is 0 Å². The number of benzene rings is 7. The van der Waals surface area contributed by atoms with Crippen LogP contribution in [0.25, 0.3) is 0 Å². The molecule has 0 saturated heterocycles. The minimum absolute atomic E-state index is 0.621. The number of nitrogens with two attached hydrogens (primary N) is 2. The summed E-state index contributed by atoms with van der Waals surface area (Å²) in [6.45, 7) is 4.00. The molecule has 7 aromatic rings. The Morgan fingerprint density at radius 1 is 0.288 bits per heavy atom. The van der Waals surface area contributed by atoms with E-state index in [2.05, 4.69) is 0 Å². The molecule has 0 aliphatic heterocycles. The molecule has 0 spiro atoms. The summed E-state index contributed by atoms with van der Waals surface area (Å²) in [4.78, 5) is 0. The van der Waals surface area contributed by atoms with Crippen molar-refractivity contribution in [1.82, 2.24) is 0 Å². The molecule has 0 radical (unpaired) electrons. The third-order valence-corrected chi connectivity index (χ3v) is 8.02. The van der Waals surface area contributed by atoms with Gasteiger partial charge in [-0.15, -0.1) is 0 Å². The molecular weight excluding hydrogens is 652 g/mol. The molecule has 8 nitrogen and oxygen atoms in total. The summed E-state index contributed by atoms with van der Waals surface area (Å²) >= 11 is 0. The second-order valence-electron chi connectivity index (χ2n) is 12.0. The van der Waals surface area contributed by atoms with Crippen LogP contribution in [-0.4, -0.2) is 0 Å². The Labute approximate surface area is 302 Å². The van der Waals surface area contributed by atoms with Crippen LogP contribution in [0, 0.1) is 13.8 Å². The highest BCUT2D eigenvalue weighted by atomic mass is 16.5. The van der Waals surface area contributed by atoms with E-state index in [1.807, 2.05) is 159 Å². The Morgan fingerprint density at radius 2 is 0.519 bits per heavy atom. The molecule has 0 saturated carbocycles. The molecule has 0 aliphatic carbocycles. The Balaban J connectivity index is 0.994. The normalized spacial score (nSPS) is 10.7. The lowest BCUT2D eigenvalue weighted by molar-refractivity contribution is 0.444. The first-order valence-electron chi connectivity index (χ1n) is 16.6. The van der Waals surface area contributed by atoms with Gasteiger partial charge in [0.05, 0.1) is 0 Å². The molecule has 0 aliphatic rings. The van der Waals surface area contributed by atoms with E-state index in [0.717, 1.165) is 11.1 Å². The summed E-state index contributed by atoms with van der Waals surface area (Å²) < 4.78 is 36.9. The van der Waals surface area contributed by atoms with E-state index in [1.54, 1.807) is 12.1 Å². The molecule has 0 fully saturated rings. The predicted molar refractivity (Wildman–Crippen MR) is 204 cm³/mol. The summed E-state index contributed by atoms with van der Waals surface area (Å²) in [5.74, 6) is 7.73. The van der Waals surface area contributed by atoms with Gasteiger partial charge in [-0.1, -0.05) is 36.4 Å². The average Bonchev–Trinajstić information content (AvgIpc) is 3.12. The number of hydrogen-bond donors (Lipinski definition) is 2. The number of anilines is 2. The second kappa shape index (κ2) is 15.2. The van der Waals surface area contributed by atoms with Crippen molar-refractivity contribution in [2.24, 2.45) is 0 Å². The third-order valence-electron chi connectivity index (χ3n) is 8.02. The maximum atomic E-state index is 6.32. The first-order chi connectivity index (χ1) is 25.3. The maximum absolute atomic E-state index is 6.32. The number of rotatable bonds is 12. The predicted octanol–water partition coefficient (Wildman–Crippen LogP) is 12.2. The van der Waals surface area contributed by atoms with Crippen LogP contribution in [0.5, 0.6) is 69.0 Å². The Bertz CT molecular complexity index is 2180. The zero-order valence-corrected chi connectivity index (χ0v) is 28.6. The molecule has 0 atom stereocenters. The summed E-state index contributed by atoms with van der Waals surface area (Å²) in [6.07, 6.45) is 0. The molecule has 4 N–H and O–H groups in total. The van der Waals surface area contributed by atoms with Crippen molar-refractivity contribution in [3.63, 3.8) is 0 Å². The van der Waals surface area contributed by atoms with Crippen LogP contribution in [-0.2, 0) is 0 Å². The fourth-order valence-corrected chi connectivity index (χ4v) is 5.35. The lowest BCUT2D eigenvalue weighted by Crippen LogP contribution is -1.95. The van der Waals surface area contributed by atoms with Crippen molar-refractivity contribution in [2.75, 3.05) is 11.5 Å². The van der Waals surface area contributed by atoms with E-state index in [1.165, 1.54) is 0 Å². The van der Waals surface area contributed by atoms with Gasteiger partial charge in [0.1, 0.15) is 69.0 Å². The topological polar surface area (TPSA) is 107 Å². The van der Waals surface area contributed by atoms with Crippen molar-refractivity contribution >= 4 is 11.4 Å². The maximum Gasteiger partial charge on any atom is 0.131 e. The molecule has 52 heavy (non-hydrogen) atoms. The van der Waals surface area contributed by atoms with Gasteiger partial charge in [-0.3, -0.25) is 0 Å². The van der Waals surface area contributed by atoms with E-state index >= 15 is 0 Å². The highest BCUT2D eigenvalue weighted by Gasteiger charge is 2.12. The third kappa shape index (κ3) is 8.56. The number of ether oxygens (including phenoxy) is 6. The van der Waals surface area contributed by atoms with E-state index in [0.29, 0.717) is 80.4 Å². The SMILES string of the molecule is Cc1c(Oc2cccc(Oc3cccc(Oc4cccc(N)c4)c3)c2)ccc(Oc2cccc(Oc3cccc(Oc4cccc(N)c4)c3)c2)c1C. The van der Waals surface area contributed by atoms with Crippen molar-refractivity contribution in [2.45, 2.75) is 13.8 Å². The van der Waals surface area contributed by atoms with Gasteiger partial charge in [0.15, 0.2) is 0 Å². The molecular formula is C44H36N2O6. The average molecular weight is 689 g/mol. The monoisotopic (exact) mass is 688 g/mol. The summed E-state index contributed by atoms with van der Waals surface area (Å²) in [7, 11) is 0. The van der Waals surface area contributed by atoms with Gasteiger partial charge in [-0.05, 0) is 110 Å².